The summed E-state index contributed by atoms with van der Waals surface area (Å²) in [6.45, 7) is 2.44. The topological polar surface area (TPSA) is 73.6 Å². The Morgan fingerprint density at radius 2 is 2.12 bits per heavy atom. The van der Waals surface area contributed by atoms with Gasteiger partial charge in [0.05, 0.1) is 17.1 Å². The molecule has 2 aromatic rings. The second kappa shape index (κ2) is 8.87. The maximum atomic E-state index is 12.0. The minimum Gasteiger partial charge on any atom is -0.484 e. The molecule has 0 spiro atoms. The van der Waals surface area contributed by atoms with Crippen molar-refractivity contribution in [3.8, 4) is 5.75 Å². The molecule has 2 heterocycles. The van der Waals surface area contributed by atoms with Gasteiger partial charge < -0.3 is 19.3 Å². The molecule has 0 radical (unpaired) electrons. The van der Waals surface area contributed by atoms with Crippen molar-refractivity contribution >= 4 is 17.5 Å². The molecular formula is C18H21ClN2O4. The first-order chi connectivity index (χ1) is 12.2. The standard InChI is InChI=1S/C18H21ClN2O4/c19-16-3-1-2-4-17(16)24-12-15-9-14(21-25-15)10-18(22)20-11-13-5-7-23-8-6-13/h1-4,9,13H,5-8,10-12H2,(H,20,22). The number of halogens is 1. The third-order valence-electron chi connectivity index (χ3n) is 4.08. The number of rotatable bonds is 7. The summed E-state index contributed by atoms with van der Waals surface area (Å²) in [4.78, 5) is 12.0. The van der Waals surface area contributed by atoms with E-state index in [1.807, 2.05) is 12.1 Å². The molecule has 7 heteroatoms. The van der Waals surface area contributed by atoms with Crippen molar-refractivity contribution < 1.29 is 18.8 Å². The molecule has 1 aliphatic heterocycles. The summed E-state index contributed by atoms with van der Waals surface area (Å²) in [5.74, 6) is 1.57. The van der Waals surface area contributed by atoms with Crippen LogP contribution >= 0.6 is 11.6 Å². The van der Waals surface area contributed by atoms with Crippen LogP contribution in [0.3, 0.4) is 0 Å². The molecule has 1 amide bonds. The van der Waals surface area contributed by atoms with Crippen molar-refractivity contribution in [3.63, 3.8) is 0 Å². The molecule has 0 aliphatic carbocycles. The van der Waals surface area contributed by atoms with Gasteiger partial charge >= 0.3 is 0 Å². The highest BCUT2D eigenvalue weighted by Gasteiger charge is 2.16. The average molecular weight is 365 g/mol. The maximum absolute atomic E-state index is 12.0. The normalized spacial score (nSPS) is 15.1. The molecular weight excluding hydrogens is 344 g/mol. The van der Waals surface area contributed by atoms with Gasteiger partial charge in [0.2, 0.25) is 5.91 Å². The van der Waals surface area contributed by atoms with E-state index in [0.29, 0.717) is 34.7 Å². The Balaban J connectivity index is 1.43. The Bertz CT molecular complexity index is 698. The van der Waals surface area contributed by atoms with E-state index in [1.165, 1.54) is 0 Å². The van der Waals surface area contributed by atoms with E-state index < -0.39 is 0 Å². The van der Waals surface area contributed by atoms with Crippen molar-refractivity contribution in [2.24, 2.45) is 5.92 Å². The number of aromatic nitrogens is 1. The van der Waals surface area contributed by atoms with E-state index in [9.17, 15) is 4.79 Å². The number of benzene rings is 1. The first kappa shape index (κ1) is 17.8. The fraction of sp³-hybridized carbons (Fsp3) is 0.444. The molecule has 0 bridgehead atoms. The lowest BCUT2D eigenvalue weighted by Gasteiger charge is -2.21. The third-order valence-corrected chi connectivity index (χ3v) is 4.40. The van der Waals surface area contributed by atoms with Crippen molar-refractivity contribution in [2.75, 3.05) is 19.8 Å². The van der Waals surface area contributed by atoms with Crippen LogP contribution in [-0.2, 0) is 22.6 Å². The molecule has 1 saturated heterocycles. The van der Waals surface area contributed by atoms with Crippen LogP contribution in [0.4, 0.5) is 0 Å². The molecule has 3 rings (SSSR count). The Hall–Kier alpha value is -2.05. The van der Waals surface area contributed by atoms with Gasteiger partial charge in [-0.25, -0.2) is 0 Å². The highest BCUT2D eigenvalue weighted by atomic mass is 35.5. The molecule has 0 unspecified atom stereocenters. The molecule has 1 aliphatic rings. The van der Waals surface area contributed by atoms with Gasteiger partial charge in [0.25, 0.3) is 0 Å². The van der Waals surface area contributed by atoms with Crippen LogP contribution in [0.25, 0.3) is 0 Å². The number of amides is 1. The van der Waals surface area contributed by atoms with Crippen LogP contribution in [-0.4, -0.2) is 30.8 Å². The summed E-state index contributed by atoms with van der Waals surface area (Å²) in [5.41, 5.74) is 0.585. The number of nitrogens with zero attached hydrogens (tertiary/aromatic N) is 1. The highest BCUT2D eigenvalue weighted by Crippen LogP contribution is 2.24. The van der Waals surface area contributed by atoms with Crippen molar-refractivity contribution in [3.05, 3.63) is 46.8 Å². The van der Waals surface area contributed by atoms with Gasteiger partial charge in [0.15, 0.2) is 5.76 Å². The van der Waals surface area contributed by atoms with Crippen molar-refractivity contribution in [2.45, 2.75) is 25.9 Å². The summed E-state index contributed by atoms with van der Waals surface area (Å²) >= 11 is 6.03. The van der Waals surface area contributed by atoms with Crippen LogP contribution in [0.1, 0.15) is 24.3 Å². The van der Waals surface area contributed by atoms with E-state index in [4.69, 9.17) is 25.6 Å². The molecule has 1 N–H and O–H groups in total. The summed E-state index contributed by atoms with van der Waals surface area (Å²) in [6, 6.07) is 8.94. The number of ether oxygens (including phenoxy) is 2. The van der Waals surface area contributed by atoms with E-state index in [2.05, 4.69) is 10.5 Å². The summed E-state index contributed by atoms with van der Waals surface area (Å²) in [7, 11) is 0. The minimum absolute atomic E-state index is 0.0571. The third kappa shape index (κ3) is 5.47. The maximum Gasteiger partial charge on any atom is 0.226 e. The van der Waals surface area contributed by atoms with E-state index in [1.54, 1.807) is 18.2 Å². The number of hydrogen-bond donors (Lipinski definition) is 1. The lowest BCUT2D eigenvalue weighted by atomic mass is 10.0. The van der Waals surface area contributed by atoms with Crippen molar-refractivity contribution in [1.29, 1.82) is 0 Å². The molecule has 6 nitrogen and oxygen atoms in total. The predicted octanol–water partition coefficient (Wildman–Crippen LogP) is 2.99. The van der Waals surface area contributed by atoms with E-state index >= 15 is 0 Å². The van der Waals surface area contributed by atoms with Gasteiger partial charge in [0.1, 0.15) is 12.4 Å². The number of hydrogen-bond acceptors (Lipinski definition) is 5. The zero-order valence-corrected chi connectivity index (χ0v) is 14.6. The van der Waals surface area contributed by atoms with Gasteiger partial charge in [0, 0.05) is 25.8 Å². The lowest BCUT2D eigenvalue weighted by Crippen LogP contribution is -2.33. The summed E-state index contributed by atoms with van der Waals surface area (Å²) in [6.07, 6.45) is 2.18. The molecule has 134 valence electrons. The Morgan fingerprint density at radius 1 is 1.32 bits per heavy atom. The molecule has 0 atom stereocenters. The second-order valence-corrected chi connectivity index (χ2v) is 6.45. The first-order valence-electron chi connectivity index (χ1n) is 8.37. The van der Waals surface area contributed by atoms with Gasteiger partial charge in [-0.3, -0.25) is 4.79 Å². The summed E-state index contributed by atoms with van der Waals surface area (Å²) in [5, 5.41) is 7.40. The van der Waals surface area contributed by atoms with Gasteiger partial charge in [-0.2, -0.15) is 0 Å². The monoisotopic (exact) mass is 364 g/mol. The largest absolute Gasteiger partial charge is 0.484 e. The van der Waals surface area contributed by atoms with Crippen LogP contribution < -0.4 is 10.1 Å². The Morgan fingerprint density at radius 3 is 2.92 bits per heavy atom. The molecule has 1 fully saturated rings. The number of nitrogens with one attached hydrogen (secondary N) is 1. The predicted molar refractivity (Wildman–Crippen MR) is 92.5 cm³/mol. The van der Waals surface area contributed by atoms with E-state index in [-0.39, 0.29) is 18.9 Å². The molecule has 0 saturated carbocycles. The quantitative estimate of drug-likeness (QED) is 0.817. The fourth-order valence-electron chi connectivity index (χ4n) is 2.65. The number of para-hydroxylation sites is 1. The lowest BCUT2D eigenvalue weighted by molar-refractivity contribution is -0.120. The minimum atomic E-state index is -0.0571. The highest BCUT2D eigenvalue weighted by molar-refractivity contribution is 6.32. The molecule has 1 aromatic heterocycles. The zero-order valence-electron chi connectivity index (χ0n) is 13.9. The fourth-order valence-corrected chi connectivity index (χ4v) is 2.84. The van der Waals surface area contributed by atoms with Gasteiger partial charge in [-0.1, -0.05) is 28.9 Å². The van der Waals surface area contributed by atoms with E-state index in [0.717, 1.165) is 26.1 Å². The van der Waals surface area contributed by atoms with Crippen molar-refractivity contribution in [1.82, 2.24) is 10.5 Å². The van der Waals surface area contributed by atoms with Crippen LogP contribution in [0.15, 0.2) is 34.9 Å². The molecule has 25 heavy (non-hydrogen) atoms. The van der Waals surface area contributed by atoms with Crippen LogP contribution in [0.2, 0.25) is 5.02 Å². The second-order valence-electron chi connectivity index (χ2n) is 6.04. The number of carbonyl (C=O) groups excluding carboxylic acids is 1. The zero-order chi connectivity index (χ0) is 17.5. The summed E-state index contributed by atoms with van der Waals surface area (Å²) < 4.78 is 16.1. The molecule has 1 aromatic carbocycles. The Kier molecular flexibility index (Phi) is 6.30. The van der Waals surface area contributed by atoms with Gasteiger partial charge in [-0.15, -0.1) is 0 Å². The van der Waals surface area contributed by atoms with Crippen LogP contribution in [0.5, 0.6) is 5.75 Å². The van der Waals surface area contributed by atoms with Gasteiger partial charge in [-0.05, 0) is 30.9 Å². The smallest absolute Gasteiger partial charge is 0.226 e. The van der Waals surface area contributed by atoms with Crippen LogP contribution in [0, 0.1) is 5.92 Å². The SMILES string of the molecule is O=C(Cc1cc(COc2ccccc2Cl)on1)NCC1CCOCC1. The average Bonchev–Trinajstić information content (AvgIpc) is 3.07. The first-order valence-corrected chi connectivity index (χ1v) is 8.75. The Labute approximate surface area is 151 Å². The number of carbonyl (C=O) groups is 1.